The molecule has 1 saturated carbocycles. The molecule has 0 radical (unpaired) electrons. The van der Waals surface area contributed by atoms with Crippen LogP contribution in [0.4, 0.5) is 0 Å². The van der Waals surface area contributed by atoms with E-state index in [9.17, 15) is 14.9 Å². The molecule has 7 heteroatoms. The van der Waals surface area contributed by atoms with Crippen LogP contribution in [0.15, 0.2) is 46.1 Å². The Morgan fingerprint density at radius 1 is 1.21 bits per heavy atom. The molecule has 0 unspecified atom stereocenters. The van der Waals surface area contributed by atoms with Crippen LogP contribution < -0.4 is 11.2 Å². The molecular formula is C21H15N5O2. The molecule has 1 aliphatic rings. The monoisotopic (exact) mass is 369 g/mol. The second-order valence-corrected chi connectivity index (χ2v) is 6.72. The van der Waals surface area contributed by atoms with Crippen LogP contribution in [0.2, 0.25) is 0 Å². The minimum atomic E-state index is -0.593. The lowest BCUT2D eigenvalue weighted by Gasteiger charge is -2.04. The SMILES string of the molecule is Cc1cccc(C#C[C@H]2C[C@@H]2c2cc(-c3c[nH]c(=O)[nH]c3=O)nnc2C#N)c1. The van der Waals surface area contributed by atoms with Crippen LogP contribution in [0.1, 0.15) is 34.7 Å². The molecule has 0 saturated heterocycles. The summed E-state index contributed by atoms with van der Waals surface area (Å²) >= 11 is 0. The molecule has 2 heterocycles. The Bertz CT molecular complexity index is 1290. The minimum absolute atomic E-state index is 0.0723. The number of aryl methyl sites for hydroxylation is 1. The van der Waals surface area contributed by atoms with Gasteiger partial charge in [0, 0.05) is 23.6 Å². The number of H-pyrrole nitrogens is 2. The largest absolute Gasteiger partial charge is 0.325 e. The van der Waals surface area contributed by atoms with E-state index in [2.05, 4.69) is 38.1 Å². The maximum absolute atomic E-state index is 12.0. The fraction of sp³-hybridized carbons (Fsp3) is 0.190. The van der Waals surface area contributed by atoms with Gasteiger partial charge in [0.2, 0.25) is 0 Å². The van der Waals surface area contributed by atoms with E-state index in [4.69, 9.17) is 0 Å². The number of benzene rings is 1. The zero-order chi connectivity index (χ0) is 19.7. The van der Waals surface area contributed by atoms with Gasteiger partial charge in [0.1, 0.15) is 11.8 Å². The summed E-state index contributed by atoms with van der Waals surface area (Å²) in [6, 6.07) is 11.7. The summed E-state index contributed by atoms with van der Waals surface area (Å²) in [7, 11) is 0. The van der Waals surface area contributed by atoms with Gasteiger partial charge < -0.3 is 4.98 Å². The Hall–Kier alpha value is -3.97. The first kappa shape index (κ1) is 17.4. The smallest absolute Gasteiger partial charge is 0.313 e. The second-order valence-electron chi connectivity index (χ2n) is 6.72. The second kappa shape index (κ2) is 6.98. The predicted molar refractivity (Wildman–Crippen MR) is 102 cm³/mol. The lowest BCUT2D eigenvalue weighted by Crippen LogP contribution is -2.23. The van der Waals surface area contributed by atoms with E-state index in [0.29, 0.717) is 5.69 Å². The molecule has 2 aromatic heterocycles. The highest BCUT2D eigenvalue weighted by molar-refractivity contribution is 5.59. The number of hydrogen-bond acceptors (Lipinski definition) is 5. The van der Waals surface area contributed by atoms with E-state index < -0.39 is 11.2 Å². The molecule has 28 heavy (non-hydrogen) atoms. The van der Waals surface area contributed by atoms with Gasteiger partial charge in [0.15, 0.2) is 5.69 Å². The number of rotatable bonds is 2. The molecule has 4 rings (SSSR count). The molecule has 3 aromatic rings. The van der Waals surface area contributed by atoms with Crippen molar-refractivity contribution in [3.8, 4) is 29.2 Å². The number of nitrogens with zero attached hydrogens (tertiary/aromatic N) is 3. The van der Waals surface area contributed by atoms with Crippen molar-refractivity contribution >= 4 is 0 Å². The highest BCUT2D eigenvalue weighted by atomic mass is 16.2. The standard InChI is InChI=1S/C21H15N5O2/c1-12-3-2-4-13(7-12)5-6-14-8-15(14)16-9-18(25-26-19(16)10-22)17-11-23-21(28)24-20(17)27/h2-4,7,9,11,14-15H,8H2,1H3,(H2,23,24,27,28)/t14-,15-/m0/s1. The predicted octanol–water partition coefficient (Wildman–Crippen LogP) is 1.86. The van der Waals surface area contributed by atoms with Crippen LogP contribution in [0.3, 0.4) is 0 Å². The van der Waals surface area contributed by atoms with Crippen molar-refractivity contribution in [2.24, 2.45) is 5.92 Å². The highest BCUT2D eigenvalue weighted by Crippen LogP contribution is 2.48. The van der Waals surface area contributed by atoms with Crippen molar-refractivity contribution in [3.05, 3.63) is 79.8 Å². The van der Waals surface area contributed by atoms with Crippen LogP contribution >= 0.6 is 0 Å². The maximum atomic E-state index is 12.0. The van der Waals surface area contributed by atoms with Crippen LogP contribution in [-0.4, -0.2) is 20.2 Å². The fourth-order valence-corrected chi connectivity index (χ4v) is 3.10. The zero-order valence-electron chi connectivity index (χ0n) is 15.0. The summed E-state index contributed by atoms with van der Waals surface area (Å²) in [6.07, 6.45) is 2.11. The van der Waals surface area contributed by atoms with E-state index in [-0.39, 0.29) is 23.1 Å². The quantitative estimate of drug-likeness (QED) is 0.669. The number of aromatic amines is 2. The number of aromatic nitrogens is 4. The molecule has 0 spiro atoms. The maximum Gasteiger partial charge on any atom is 0.325 e. The molecule has 0 amide bonds. The topological polar surface area (TPSA) is 115 Å². The molecule has 0 aliphatic heterocycles. The third-order valence-corrected chi connectivity index (χ3v) is 4.63. The van der Waals surface area contributed by atoms with E-state index in [1.165, 1.54) is 6.20 Å². The zero-order valence-corrected chi connectivity index (χ0v) is 15.0. The highest BCUT2D eigenvalue weighted by Gasteiger charge is 2.39. The van der Waals surface area contributed by atoms with Gasteiger partial charge in [-0.2, -0.15) is 5.26 Å². The van der Waals surface area contributed by atoms with Gasteiger partial charge in [-0.25, -0.2) is 4.79 Å². The van der Waals surface area contributed by atoms with E-state index in [0.717, 1.165) is 23.1 Å². The molecule has 2 N–H and O–H groups in total. The third-order valence-electron chi connectivity index (χ3n) is 4.63. The van der Waals surface area contributed by atoms with Gasteiger partial charge >= 0.3 is 5.69 Å². The minimum Gasteiger partial charge on any atom is -0.313 e. The summed E-state index contributed by atoms with van der Waals surface area (Å²) in [6.45, 7) is 2.02. The Balaban J connectivity index is 1.64. The van der Waals surface area contributed by atoms with Crippen molar-refractivity contribution < 1.29 is 0 Å². The van der Waals surface area contributed by atoms with Gasteiger partial charge in [-0.1, -0.05) is 24.0 Å². The van der Waals surface area contributed by atoms with Crippen molar-refractivity contribution in [3.63, 3.8) is 0 Å². The van der Waals surface area contributed by atoms with E-state index in [1.54, 1.807) is 6.07 Å². The Morgan fingerprint density at radius 2 is 2.07 bits per heavy atom. The molecule has 7 nitrogen and oxygen atoms in total. The van der Waals surface area contributed by atoms with Crippen molar-refractivity contribution in [1.29, 1.82) is 5.26 Å². The van der Waals surface area contributed by atoms with Crippen LogP contribution in [0, 0.1) is 36.0 Å². The molecule has 0 bridgehead atoms. The van der Waals surface area contributed by atoms with Crippen LogP contribution in [-0.2, 0) is 0 Å². The Labute approximate surface area is 160 Å². The average molecular weight is 369 g/mol. The van der Waals surface area contributed by atoms with Crippen molar-refractivity contribution in [1.82, 2.24) is 20.2 Å². The summed E-state index contributed by atoms with van der Waals surface area (Å²) in [5.74, 6) is 6.63. The first-order valence-electron chi connectivity index (χ1n) is 8.73. The Kier molecular flexibility index (Phi) is 4.35. The summed E-state index contributed by atoms with van der Waals surface area (Å²) in [5.41, 5.74) is 2.42. The molecule has 2 atom stereocenters. The van der Waals surface area contributed by atoms with Crippen LogP contribution in [0.5, 0.6) is 0 Å². The molecule has 1 aromatic carbocycles. The van der Waals surface area contributed by atoms with Gasteiger partial charge in [-0.15, -0.1) is 10.2 Å². The van der Waals surface area contributed by atoms with E-state index >= 15 is 0 Å². The molecule has 1 aliphatic carbocycles. The number of nitrogens with one attached hydrogen (secondary N) is 2. The summed E-state index contributed by atoms with van der Waals surface area (Å²) in [5, 5.41) is 17.3. The summed E-state index contributed by atoms with van der Waals surface area (Å²) < 4.78 is 0. The first-order valence-corrected chi connectivity index (χ1v) is 8.73. The van der Waals surface area contributed by atoms with Crippen molar-refractivity contribution in [2.45, 2.75) is 19.3 Å². The Morgan fingerprint density at radius 3 is 2.82 bits per heavy atom. The normalized spacial score (nSPS) is 17.3. The van der Waals surface area contributed by atoms with Crippen molar-refractivity contribution in [2.75, 3.05) is 0 Å². The average Bonchev–Trinajstić information content (AvgIpc) is 3.46. The first-order chi connectivity index (χ1) is 13.5. The fourth-order valence-electron chi connectivity index (χ4n) is 3.10. The van der Waals surface area contributed by atoms with Gasteiger partial charge in [0.25, 0.3) is 5.56 Å². The lowest BCUT2D eigenvalue weighted by molar-refractivity contribution is 0.936. The van der Waals surface area contributed by atoms with Gasteiger partial charge in [-0.05, 0) is 42.7 Å². The summed E-state index contributed by atoms with van der Waals surface area (Å²) in [4.78, 5) is 27.8. The molecule has 1 fully saturated rings. The van der Waals surface area contributed by atoms with E-state index in [1.807, 2.05) is 31.2 Å². The van der Waals surface area contributed by atoms with Gasteiger partial charge in [-0.3, -0.25) is 9.78 Å². The lowest BCUT2D eigenvalue weighted by atomic mass is 10.1. The number of hydrogen-bond donors (Lipinski definition) is 2. The van der Waals surface area contributed by atoms with Crippen LogP contribution in [0.25, 0.3) is 11.3 Å². The third kappa shape index (κ3) is 3.46. The number of nitriles is 1. The van der Waals surface area contributed by atoms with Gasteiger partial charge in [0.05, 0.1) is 5.56 Å². The molecule has 136 valence electrons. The molecular weight excluding hydrogens is 354 g/mol.